The lowest BCUT2D eigenvalue weighted by Crippen LogP contribution is -2.12. The van der Waals surface area contributed by atoms with Crippen LogP contribution in [-0.2, 0) is 0 Å². The molecule has 3 heterocycles. The third-order valence-corrected chi connectivity index (χ3v) is 4.62. The second-order valence-corrected chi connectivity index (χ2v) is 6.77. The number of anilines is 1. The number of amides is 1. The van der Waals surface area contributed by atoms with Gasteiger partial charge in [0.2, 0.25) is 0 Å². The summed E-state index contributed by atoms with van der Waals surface area (Å²) in [6.07, 6.45) is 1.54. The van der Waals surface area contributed by atoms with Crippen LogP contribution in [0.15, 0.2) is 52.4 Å². The number of furan rings is 1. The minimum atomic E-state index is -0.246. The molecule has 1 amide bonds. The van der Waals surface area contributed by atoms with Crippen molar-refractivity contribution in [2.45, 2.75) is 6.92 Å². The molecule has 1 aromatic carbocycles. The number of nitrogens with one attached hydrogen (secondary N) is 1. The molecule has 7 heteroatoms. The minimum Gasteiger partial charge on any atom is -0.454 e. The Morgan fingerprint density at radius 2 is 2.12 bits per heavy atom. The second-order valence-electron chi connectivity index (χ2n) is 5.47. The lowest BCUT2D eigenvalue weighted by atomic mass is 10.2. The van der Waals surface area contributed by atoms with Crippen LogP contribution in [0.1, 0.15) is 16.1 Å². The lowest BCUT2D eigenvalue weighted by molar-refractivity contribution is 0.102. The van der Waals surface area contributed by atoms with E-state index in [1.165, 1.54) is 11.3 Å². The van der Waals surface area contributed by atoms with Crippen LogP contribution in [0.2, 0.25) is 5.02 Å². The first-order chi connectivity index (χ1) is 12.1. The Morgan fingerprint density at radius 3 is 2.92 bits per heavy atom. The molecule has 5 nitrogen and oxygen atoms in total. The number of fused-ring (bicyclic) bond motifs is 1. The number of hydrogen-bond acceptors (Lipinski definition) is 5. The molecule has 0 radical (unpaired) electrons. The van der Waals surface area contributed by atoms with Gasteiger partial charge in [-0.1, -0.05) is 11.6 Å². The number of hydrogen-bond donors (Lipinski definition) is 1. The van der Waals surface area contributed by atoms with Crippen LogP contribution < -0.4 is 5.32 Å². The Morgan fingerprint density at radius 1 is 1.24 bits per heavy atom. The van der Waals surface area contributed by atoms with E-state index in [0.29, 0.717) is 27.2 Å². The fourth-order valence-electron chi connectivity index (χ4n) is 2.36. The maximum absolute atomic E-state index is 12.2. The van der Waals surface area contributed by atoms with Crippen LogP contribution >= 0.6 is 22.9 Å². The summed E-state index contributed by atoms with van der Waals surface area (Å²) >= 11 is 7.33. The molecule has 0 spiro atoms. The number of aromatic nitrogens is 2. The number of carbonyl (C=O) groups is 1. The molecule has 4 aromatic rings. The summed E-state index contributed by atoms with van der Waals surface area (Å²) in [7, 11) is 0. The molecule has 0 saturated heterocycles. The minimum absolute atomic E-state index is 0.246. The van der Waals surface area contributed by atoms with Gasteiger partial charge in [0.05, 0.1) is 5.56 Å². The maximum atomic E-state index is 12.2. The highest BCUT2D eigenvalue weighted by atomic mass is 35.5. The van der Waals surface area contributed by atoms with Crippen molar-refractivity contribution >= 4 is 44.9 Å². The second kappa shape index (κ2) is 6.31. The lowest BCUT2D eigenvalue weighted by Gasteiger charge is -2.01. The zero-order valence-electron chi connectivity index (χ0n) is 13.1. The zero-order valence-corrected chi connectivity index (χ0v) is 14.7. The number of halogens is 1. The molecular weight excluding hydrogens is 358 g/mol. The molecule has 0 aliphatic rings. The molecule has 25 heavy (non-hydrogen) atoms. The van der Waals surface area contributed by atoms with Gasteiger partial charge in [-0.25, -0.2) is 4.98 Å². The first kappa shape index (κ1) is 15.8. The Balaban J connectivity index is 1.56. The number of carbonyl (C=O) groups excluding carboxylic acids is 1. The van der Waals surface area contributed by atoms with Gasteiger partial charge in [-0.05, 0) is 43.3 Å². The van der Waals surface area contributed by atoms with Crippen LogP contribution in [-0.4, -0.2) is 15.9 Å². The van der Waals surface area contributed by atoms with Gasteiger partial charge in [0.25, 0.3) is 5.91 Å². The highest BCUT2D eigenvalue weighted by Gasteiger charge is 2.13. The van der Waals surface area contributed by atoms with E-state index < -0.39 is 0 Å². The summed E-state index contributed by atoms with van der Waals surface area (Å²) < 4.78 is 5.79. The van der Waals surface area contributed by atoms with Gasteiger partial charge in [0.1, 0.15) is 11.3 Å². The highest BCUT2D eigenvalue weighted by Crippen LogP contribution is 2.31. The summed E-state index contributed by atoms with van der Waals surface area (Å²) in [5.41, 5.74) is 2.75. The molecule has 0 fully saturated rings. The van der Waals surface area contributed by atoms with E-state index in [9.17, 15) is 4.79 Å². The molecule has 0 aliphatic heterocycles. The molecule has 0 saturated carbocycles. The van der Waals surface area contributed by atoms with Crippen LogP contribution in [0.25, 0.3) is 22.4 Å². The van der Waals surface area contributed by atoms with Crippen molar-refractivity contribution in [3.63, 3.8) is 0 Å². The van der Waals surface area contributed by atoms with Crippen molar-refractivity contribution in [1.82, 2.24) is 9.97 Å². The standard InChI is InChI=1S/C18H12ClN3O2S/c1-10-2-3-11(8-20-10)17(23)22-18-21-14(9-25-18)16-7-12-6-13(19)4-5-15(12)24-16/h2-9H,1H3,(H,21,22,23). The third-order valence-electron chi connectivity index (χ3n) is 3.63. The van der Waals surface area contributed by atoms with Crippen molar-refractivity contribution in [2.75, 3.05) is 5.32 Å². The number of rotatable bonds is 3. The van der Waals surface area contributed by atoms with Crippen molar-refractivity contribution in [2.24, 2.45) is 0 Å². The van der Waals surface area contributed by atoms with Crippen molar-refractivity contribution < 1.29 is 9.21 Å². The smallest absolute Gasteiger partial charge is 0.259 e. The fourth-order valence-corrected chi connectivity index (χ4v) is 3.23. The van der Waals surface area contributed by atoms with Crippen LogP contribution in [0.3, 0.4) is 0 Å². The quantitative estimate of drug-likeness (QED) is 0.541. The topological polar surface area (TPSA) is 68.0 Å². The van der Waals surface area contributed by atoms with Crippen LogP contribution in [0.5, 0.6) is 0 Å². The van der Waals surface area contributed by atoms with Crippen molar-refractivity contribution in [3.8, 4) is 11.5 Å². The van der Waals surface area contributed by atoms with E-state index in [1.807, 2.05) is 30.5 Å². The largest absolute Gasteiger partial charge is 0.454 e. The molecule has 1 N–H and O–H groups in total. The predicted molar refractivity (Wildman–Crippen MR) is 99.3 cm³/mol. The molecule has 124 valence electrons. The monoisotopic (exact) mass is 369 g/mol. The van der Waals surface area contributed by atoms with Gasteiger partial charge < -0.3 is 4.42 Å². The van der Waals surface area contributed by atoms with Gasteiger partial charge in [0, 0.05) is 27.7 Å². The van der Waals surface area contributed by atoms with E-state index in [1.54, 1.807) is 24.4 Å². The summed E-state index contributed by atoms with van der Waals surface area (Å²) in [5.74, 6) is 0.385. The number of aryl methyl sites for hydroxylation is 1. The summed E-state index contributed by atoms with van der Waals surface area (Å²) in [5, 5.41) is 6.67. The van der Waals surface area contributed by atoms with Gasteiger partial charge in [-0.3, -0.25) is 15.1 Å². The van der Waals surface area contributed by atoms with Gasteiger partial charge in [-0.2, -0.15) is 0 Å². The summed E-state index contributed by atoms with van der Waals surface area (Å²) in [6, 6.07) is 10.8. The van der Waals surface area contributed by atoms with Crippen molar-refractivity contribution in [1.29, 1.82) is 0 Å². The zero-order chi connectivity index (χ0) is 17.4. The van der Waals surface area contributed by atoms with Gasteiger partial charge >= 0.3 is 0 Å². The fraction of sp³-hybridized carbons (Fsp3) is 0.0556. The van der Waals surface area contributed by atoms with Crippen molar-refractivity contribution in [3.05, 3.63) is 64.3 Å². The normalized spacial score (nSPS) is 11.0. The van der Waals surface area contributed by atoms with E-state index in [-0.39, 0.29) is 5.91 Å². The highest BCUT2D eigenvalue weighted by molar-refractivity contribution is 7.14. The predicted octanol–water partition coefficient (Wildman–Crippen LogP) is 5.17. The van der Waals surface area contributed by atoms with Crippen LogP contribution in [0, 0.1) is 6.92 Å². The number of thiazole rings is 1. The summed E-state index contributed by atoms with van der Waals surface area (Å²) in [6.45, 7) is 1.87. The maximum Gasteiger partial charge on any atom is 0.259 e. The van der Waals surface area contributed by atoms with Gasteiger partial charge in [0.15, 0.2) is 10.9 Å². The Bertz CT molecular complexity index is 1070. The van der Waals surface area contributed by atoms with E-state index in [0.717, 1.165) is 16.7 Å². The van der Waals surface area contributed by atoms with Crippen LogP contribution in [0.4, 0.5) is 5.13 Å². The molecule has 3 aromatic heterocycles. The molecule has 0 atom stereocenters. The SMILES string of the molecule is Cc1ccc(C(=O)Nc2nc(-c3cc4cc(Cl)ccc4o3)cs2)cn1. The first-order valence-corrected chi connectivity index (χ1v) is 8.73. The molecule has 0 unspecified atom stereocenters. The number of benzene rings is 1. The number of pyridine rings is 1. The average molecular weight is 370 g/mol. The Kier molecular flexibility index (Phi) is 3.99. The first-order valence-electron chi connectivity index (χ1n) is 7.47. The average Bonchev–Trinajstić information content (AvgIpc) is 3.21. The third kappa shape index (κ3) is 3.26. The Labute approximate surface area is 152 Å². The number of nitrogens with zero attached hydrogens (tertiary/aromatic N) is 2. The van der Waals surface area contributed by atoms with E-state index >= 15 is 0 Å². The van der Waals surface area contributed by atoms with E-state index in [2.05, 4.69) is 15.3 Å². The molecular formula is C18H12ClN3O2S. The molecule has 0 aliphatic carbocycles. The van der Waals surface area contributed by atoms with Gasteiger partial charge in [-0.15, -0.1) is 11.3 Å². The van der Waals surface area contributed by atoms with E-state index in [4.69, 9.17) is 16.0 Å². The summed E-state index contributed by atoms with van der Waals surface area (Å²) in [4.78, 5) is 20.8. The molecule has 0 bridgehead atoms. The molecule has 4 rings (SSSR count). The Hall–Kier alpha value is -2.70.